The number of carbonyl (C=O) groups is 1. The van der Waals surface area contributed by atoms with Crippen molar-refractivity contribution in [1.29, 1.82) is 0 Å². The van der Waals surface area contributed by atoms with Gasteiger partial charge in [0.15, 0.2) is 0 Å². The molecule has 2 fully saturated rings. The molecule has 0 unspecified atom stereocenters. The highest BCUT2D eigenvalue weighted by atomic mass is 19.4. The van der Waals surface area contributed by atoms with E-state index in [1.165, 1.54) is 25.0 Å². The van der Waals surface area contributed by atoms with Crippen molar-refractivity contribution in [3.8, 4) is 0 Å². The molecule has 0 aromatic heterocycles. The van der Waals surface area contributed by atoms with E-state index in [1.807, 2.05) is 0 Å². The van der Waals surface area contributed by atoms with Crippen molar-refractivity contribution in [3.63, 3.8) is 0 Å². The Labute approximate surface area is 146 Å². The van der Waals surface area contributed by atoms with Gasteiger partial charge in [-0.1, -0.05) is 18.2 Å². The summed E-state index contributed by atoms with van der Waals surface area (Å²) in [4.78, 5) is 16.1. The molecule has 1 N–H and O–H groups in total. The average molecular weight is 355 g/mol. The maximum atomic E-state index is 12.8. The summed E-state index contributed by atoms with van der Waals surface area (Å²) in [5, 5.41) is 2.96. The van der Waals surface area contributed by atoms with Gasteiger partial charge in [-0.05, 0) is 30.4 Å². The summed E-state index contributed by atoms with van der Waals surface area (Å²) in [7, 11) is 0. The van der Waals surface area contributed by atoms with E-state index in [9.17, 15) is 18.0 Å². The van der Waals surface area contributed by atoms with Crippen LogP contribution in [-0.4, -0.2) is 55.0 Å². The van der Waals surface area contributed by atoms with Gasteiger partial charge in [-0.25, -0.2) is 0 Å². The van der Waals surface area contributed by atoms with Crippen molar-refractivity contribution < 1.29 is 18.0 Å². The topological polar surface area (TPSA) is 35.6 Å². The first-order valence-corrected chi connectivity index (χ1v) is 8.78. The van der Waals surface area contributed by atoms with E-state index in [0.29, 0.717) is 24.6 Å². The molecule has 1 aliphatic heterocycles. The molecule has 0 bridgehead atoms. The molecule has 7 heteroatoms. The fraction of sp³-hybridized carbons (Fsp3) is 0.611. The quantitative estimate of drug-likeness (QED) is 0.851. The molecule has 4 nitrogen and oxygen atoms in total. The van der Waals surface area contributed by atoms with Crippen molar-refractivity contribution in [2.45, 2.75) is 25.6 Å². The molecule has 3 rings (SSSR count). The number of hydrogen-bond acceptors (Lipinski definition) is 3. The fourth-order valence-corrected chi connectivity index (χ4v) is 3.05. The van der Waals surface area contributed by atoms with E-state index >= 15 is 0 Å². The van der Waals surface area contributed by atoms with Crippen LogP contribution in [0.1, 0.15) is 24.0 Å². The van der Waals surface area contributed by atoms with Crippen LogP contribution in [0.4, 0.5) is 13.2 Å². The Morgan fingerprint density at radius 3 is 2.44 bits per heavy atom. The van der Waals surface area contributed by atoms with Crippen molar-refractivity contribution in [2.24, 2.45) is 5.92 Å². The molecule has 1 heterocycles. The highest BCUT2D eigenvalue weighted by Crippen LogP contribution is 2.30. The number of halogens is 3. The molecule has 1 saturated carbocycles. The number of rotatable bonds is 6. The first kappa shape index (κ1) is 18.2. The lowest BCUT2D eigenvalue weighted by Gasteiger charge is -2.34. The van der Waals surface area contributed by atoms with Crippen LogP contribution in [-0.2, 0) is 17.5 Å². The van der Waals surface area contributed by atoms with E-state index < -0.39 is 11.7 Å². The van der Waals surface area contributed by atoms with Gasteiger partial charge in [0.1, 0.15) is 0 Å². The highest BCUT2D eigenvalue weighted by molar-refractivity contribution is 5.78. The molecular formula is C18H24F3N3O. The monoisotopic (exact) mass is 355 g/mol. The van der Waals surface area contributed by atoms with Crippen LogP contribution in [0.5, 0.6) is 0 Å². The van der Waals surface area contributed by atoms with Crippen LogP contribution in [0, 0.1) is 5.92 Å². The number of carbonyl (C=O) groups excluding carboxylic acids is 1. The molecule has 1 aliphatic carbocycles. The summed E-state index contributed by atoms with van der Waals surface area (Å²) in [6, 6.07) is 5.50. The van der Waals surface area contributed by atoms with E-state index in [1.54, 1.807) is 6.07 Å². The summed E-state index contributed by atoms with van der Waals surface area (Å²) in [5.41, 5.74) is 0.0708. The highest BCUT2D eigenvalue weighted by Gasteiger charge is 2.30. The van der Waals surface area contributed by atoms with Gasteiger partial charge >= 0.3 is 6.18 Å². The smallest absolute Gasteiger partial charge is 0.355 e. The molecule has 2 aliphatic rings. The van der Waals surface area contributed by atoms with Crippen LogP contribution in [0.2, 0.25) is 0 Å². The lowest BCUT2D eigenvalue weighted by atomic mass is 10.1. The Kier molecular flexibility index (Phi) is 5.64. The van der Waals surface area contributed by atoms with Gasteiger partial charge in [0, 0.05) is 39.3 Å². The number of nitrogens with one attached hydrogen (secondary N) is 1. The molecule has 1 aromatic rings. The van der Waals surface area contributed by atoms with E-state index in [0.717, 1.165) is 38.8 Å². The number of piperazine rings is 1. The Morgan fingerprint density at radius 2 is 1.80 bits per heavy atom. The average Bonchev–Trinajstić information content (AvgIpc) is 3.39. The zero-order chi connectivity index (χ0) is 17.9. The van der Waals surface area contributed by atoms with E-state index in [-0.39, 0.29) is 5.91 Å². The van der Waals surface area contributed by atoms with Crippen LogP contribution < -0.4 is 5.32 Å². The molecule has 138 valence electrons. The minimum atomic E-state index is -4.30. The minimum Gasteiger partial charge on any atom is -0.355 e. The maximum Gasteiger partial charge on any atom is 0.416 e. The molecule has 0 radical (unpaired) electrons. The van der Waals surface area contributed by atoms with Gasteiger partial charge in [0.05, 0.1) is 12.1 Å². The first-order valence-electron chi connectivity index (χ1n) is 8.78. The lowest BCUT2D eigenvalue weighted by Crippen LogP contribution is -2.49. The Hall–Kier alpha value is -1.60. The molecule has 1 aromatic carbocycles. The molecule has 1 saturated heterocycles. The van der Waals surface area contributed by atoms with Gasteiger partial charge in [-0.2, -0.15) is 13.2 Å². The molecule has 1 amide bonds. The molecule has 0 spiro atoms. The minimum absolute atomic E-state index is 0.0678. The van der Waals surface area contributed by atoms with Gasteiger partial charge in [0.2, 0.25) is 5.91 Å². The van der Waals surface area contributed by atoms with Crippen molar-refractivity contribution in [3.05, 3.63) is 35.4 Å². The third-order valence-corrected chi connectivity index (χ3v) is 4.78. The zero-order valence-corrected chi connectivity index (χ0v) is 14.2. The molecule has 25 heavy (non-hydrogen) atoms. The van der Waals surface area contributed by atoms with Crippen molar-refractivity contribution >= 4 is 5.91 Å². The van der Waals surface area contributed by atoms with Gasteiger partial charge in [-0.15, -0.1) is 0 Å². The lowest BCUT2D eigenvalue weighted by molar-refractivity contribution is -0.137. The SMILES string of the molecule is O=C(CN1CCN(Cc2cccc(C(F)(F)F)c2)CC1)NCC1CC1. The second-order valence-electron chi connectivity index (χ2n) is 7.00. The summed E-state index contributed by atoms with van der Waals surface area (Å²) in [5.74, 6) is 0.742. The van der Waals surface area contributed by atoms with E-state index in [2.05, 4.69) is 15.1 Å². The number of alkyl halides is 3. The van der Waals surface area contributed by atoms with Crippen LogP contribution >= 0.6 is 0 Å². The van der Waals surface area contributed by atoms with Crippen LogP contribution in [0.15, 0.2) is 24.3 Å². The van der Waals surface area contributed by atoms with Crippen molar-refractivity contribution in [1.82, 2.24) is 15.1 Å². The van der Waals surface area contributed by atoms with Gasteiger partial charge < -0.3 is 5.32 Å². The summed E-state index contributed by atoms with van der Waals surface area (Å²) in [6.07, 6.45) is -1.87. The maximum absolute atomic E-state index is 12.8. The predicted octanol–water partition coefficient (Wildman–Crippen LogP) is 2.35. The van der Waals surface area contributed by atoms with Crippen LogP contribution in [0.3, 0.4) is 0 Å². The summed E-state index contributed by atoms with van der Waals surface area (Å²) in [6.45, 7) is 4.73. The Balaban J connectivity index is 1.42. The normalized spacial score (nSPS) is 19.8. The zero-order valence-electron chi connectivity index (χ0n) is 14.2. The fourth-order valence-electron chi connectivity index (χ4n) is 3.05. The summed E-state index contributed by atoms with van der Waals surface area (Å²) >= 11 is 0. The van der Waals surface area contributed by atoms with Gasteiger partial charge in [-0.3, -0.25) is 14.6 Å². The van der Waals surface area contributed by atoms with Crippen molar-refractivity contribution in [2.75, 3.05) is 39.3 Å². The Bertz CT molecular complexity index is 593. The largest absolute Gasteiger partial charge is 0.416 e. The predicted molar refractivity (Wildman–Crippen MR) is 88.9 cm³/mol. The van der Waals surface area contributed by atoms with E-state index in [4.69, 9.17) is 0 Å². The standard InChI is InChI=1S/C18H24F3N3O/c19-18(20,21)16-3-1-2-15(10-16)12-23-6-8-24(9-7-23)13-17(25)22-11-14-4-5-14/h1-3,10,14H,4-9,11-13H2,(H,22,25). The number of hydrogen-bond donors (Lipinski definition) is 1. The first-order chi connectivity index (χ1) is 11.9. The Morgan fingerprint density at radius 1 is 1.12 bits per heavy atom. The van der Waals surface area contributed by atoms with Gasteiger partial charge in [0.25, 0.3) is 0 Å². The summed E-state index contributed by atoms with van der Waals surface area (Å²) < 4.78 is 38.3. The second kappa shape index (κ2) is 7.74. The number of amides is 1. The third kappa shape index (κ3) is 5.71. The number of benzene rings is 1. The second-order valence-corrected chi connectivity index (χ2v) is 7.00. The van der Waals surface area contributed by atoms with Crippen LogP contribution in [0.25, 0.3) is 0 Å². The third-order valence-electron chi connectivity index (χ3n) is 4.78. The number of nitrogens with zero attached hydrogens (tertiary/aromatic N) is 2. The molecule has 0 atom stereocenters. The molecular weight excluding hydrogens is 331 g/mol.